The Kier molecular flexibility index (Phi) is 2.63. The largest absolute Gasteiger partial charge is 0.508 e. The van der Waals surface area contributed by atoms with Crippen LogP contribution in [0.4, 0.5) is 0 Å². The Morgan fingerprint density at radius 2 is 1.17 bits per heavy atom. The van der Waals surface area contributed by atoms with Crippen molar-refractivity contribution < 1.29 is 19.8 Å². The van der Waals surface area contributed by atoms with Gasteiger partial charge in [0.1, 0.15) is 11.5 Å². The molecule has 0 atom stereocenters. The molecule has 4 heteroatoms. The third kappa shape index (κ3) is 1.55. The number of benzene rings is 1. The van der Waals surface area contributed by atoms with E-state index in [0.717, 1.165) is 0 Å². The summed E-state index contributed by atoms with van der Waals surface area (Å²) in [7, 11) is 0. The van der Waals surface area contributed by atoms with E-state index in [1.54, 1.807) is 12.1 Å². The van der Waals surface area contributed by atoms with E-state index in [2.05, 4.69) is 13.2 Å². The molecule has 0 saturated heterocycles. The molecule has 90 valence electrons. The zero-order valence-corrected chi connectivity index (χ0v) is 9.43. The predicted molar refractivity (Wildman–Crippen MR) is 65.7 cm³/mol. The third-order valence-corrected chi connectivity index (χ3v) is 2.70. The standard InChI is InChI=1S/C14H10O4/c1-7(15)11-12(8(2)16)14(18)10-6-4-3-5-9(10)13(11)17/h3-6,15-16H,1-2H2. The van der Waals surface area contributed by atoms with Crippen LogP contribution >= 0.6 is 0 Å². The number of aliphatic hydroxyl groups is 2. The summed E-state index contributed by atoms with van der Waals surface area (Å²) in [6.07, 6.45) is 0. The first-order valence-corrected chi connectivity index (χ1v) is 5.14. The molecule has 0 amide bonds. The van der Waals surface area contributed by atoms with Gasteiger partial charge in [0.2, 0.25) is 0 Å². The number of rotatable bonds is 2. The van der Waals surface area contributed by atoms with E-state index in [1.807, 2.05) is 0 Å². The minimum Gasteiger partial charge on any atom is -0.508 e. The number of Topliss-reactive ketones (excluding diaryl/α,β-unsaturated/α-hetero) is 2. The first-order chi connectivity index (χ1) is 8.45. The van der Waals surface area contributed by atoms with E-state index in [0.29, 0.717) is 0 Å². The minimum absolute atomic E-state index is 0.178. The van der Waals surface area contributed by atoms with Gasteiger partial charge in [0.25, 0.3) is 0 Å². The molecule has 0 heterocycles. The molecule has 0 spiro atoms. The van der Waals surface area contributed by atoms with Crippen molar-refractivity contribution in [1.82, 2.24) is 0 Å². The van der Waals surface area contributed by atoms with Gasteiger partial charge in [-0.2, -0.15) is 0 Å². The Hall–Kier alpha value is -2.62. The second-order valence-electron chi connectivity index (χ2n) is 3.85. The molecule has 0 saturated carbocycles. The second kappa shape index (κ2) is 4.00. The van der Waals surface area contributed by atoms with Crippen LogP contribution < -0.4 is 0 Å². The SMILES string of the molecule is C=C(O)C1=C(C(=C)O)C(=O)c2ccccc2C1=O. The second-order valence-corrected chi connectivity index (χ2v) is 3.85. The van der Waals surface area contributed by atoms with E-state index in [1.165, 1.54) is 12.1 Å². The highest BCUT2D eigenvalue weighted by molar-refractivity contribution is 6.29. The van der Waals surface area contributed by atoms with Crippen molar-refractivity contribution >= 4 is 11.6 Å². The van der Waals surface area contributed by atoms with Crippen molar-refractivity contribution in [2.75, 3.05) is 0 Å². The maximum Gasteiger partial charge on any atom is 0.198 e. The first-order valence-electron chi connectivity index (χ1n) is 5.14. The lowest BCUT2D eigenvalue weighted by Crippen LogP contribution is -2.23. The van der Waals surface area contributed by atoms with E-state index >= 15 is 0 Å². The number of fused-ring (bicyclic) bond motifs is 1. The zero-order chi connectivity index (χ0) is 13.4. The molecule has 0 aliphatic heterocycles. The van der Waals surface area contributed by atoms with E-state index in [4.69, 9.17) is 0 Å². The van der Waals surface area contributed by atoms with Crippen LogP contribution in [-0.2, 0) is 0 Å². The number of allylic oxidation sites excluding steroid dienone is 2. The molecule has 2 rings (SSSR count). The van der Waals surface area contributed by atoms with Gasteiger partial charge in [-0.3, -0.25) is 9.59 Å². The number of carbonyl (C=O) groups is 2. The van der Waals surface area contributed by atoms with Crippen LogP contribution in [-0.4, -0.2) is 21.8 Å². The van der Waals surface area contributed by atoms with Crippen molar-refractivity contribution in [2.45, 2.75) is 0 Å². The fourth-order valence-electron chi connectivity index (χ4n) is 1.93. The smallest absolute Gasteiger partial charge is 0.198 e. The quantitative estimate of drug-likeness (QED) is 0.781. The lowest BCUT2D eigenvalue weighted by atomic mass is 9.83. The van der Waals surface area contributed by atoms with E-state index < -0.39 is 23.1 Å². The van der Waals surface area contributed by atoms with Gasteiger partial charge in [0.05, 0.1) is 11.1 Å². The summed E-state index contributed by atoms with van der Waals surface area (Å²) >= 11 is 0. The normalized spacial score (nSPS) is 14.4. The average molecular weight is 242 g/mol. The van der Waals surface area contributed by atoms with Crippen LogP contribution in [0.25, 0.3) is 0 Å². The van der Waals surface area contributed by atoms with Crippen molar-refractivity contribution in [3.05, 3.63) is 71.2 Å². The summed E-state index contributed by atoms with van der Waals surface area (Å²) in [5.74, 6) is -2.23. The summed E-state index contributed by atoms with van der Waals surface area (Å²) < 4.78 is 0. The van der Waals surface area contributed by atoms with Crippen molar-refractivity contribution in [3.8, 4) is 0 Å². The van der Waals surface area contributed by atoms with Crippen LogP contribution in [0.5, 0.6) is 0 Å². The Morgan fingerprint density at radius 3 is 1.44 bits per heavy atom. The lowest BCUT2D eigenvalue weighted by molar-refractivity contribution is 0.0968. The van der Waals surface area contributed by atoms with Gasteiger partial charge >= 0.3 is 0 Å². The highest BCUT2D eigenvalue weighted by Gasteiger charge is 2.34. The summed E-state index contributed by atoms with van der Waals surface area (Å²) in [6.45, 7) is 6.48. The van der Waals surface area contributed by atoms with Crippen molar-refractivity contribution in [1.29, 1.82) is 0 Å². The number of aliphatic hydroxyl groups excluding tert-OH is 2. The maximum absolute atomic E-state index is 12.1. The first kappa shape index (κ1) is 11.9. The molecular weight excluding hydrogens is 232 g/mol. The van der Waals surface area contributed by atoms with E-state index in [-0.39, 0.29) is 22.3 Å². The summed E-state index contributed by atoms with van der Waals surface area (Å²) in [5.41, 5.74) is -0.243. The van der Waals surface area contributed by atoms with Gasteiger partial charge in [-0.25, -0.2) is 0 Å². The van der Waals surface area contributed by atoms with Gasteiger partial charge < -0.3 is 10.2 Å². The Bertz CT molecular complexity index is 580. The lowest BCUT2D eigenvalue weighted by Gasteiger charge is -2.19. The minimum atomic E-state index is -0.562. The van der Waals surface area contributed by atoms with Crippen molar-refractivity contribution in [2.24, 2.45) is 0 Å². The van der Waals surface area contributed by atoms with Gasteiger partial charge in [0, 0.05) is 11.1 Å². The van der Waals surface area contributed by atoms with Gasteiger partial charge in [0.15, 0.2) is 11.6 Å². The average Bonchev–Trinajstić information content (AvgIpc) is 2.32. The number of carbonyl (C=O) groups excluding carboxylic acids is 2. The number of ketones is 2. The molecule has 0 bridgehead atoms. The molecule has 0 fully saturated rings. The van der Waals surface area contributed by atoms with E-state index in [9.17, 15) is 19.8 Å². The molecule has 0 radical (unpaired) electrons. The van der Waals surface area contributed by atoms with Crippen LogP contribution in [0.15, 0.2) is 60.1 Å². The molecule has 0 unspecified atom stereocenters. The highest BCUT2D eigenvalue weighted by atomic mass is 16.3. The van der Waals surface area contributed by atoms with Gasteiger partial charge in [-0.1, -0.05) is 37.4 Å². The number of hydrogen-bond donors (Lipinski definition) is 2. The Morgan fingerprint density at radius 1 is 0.833 bits per heavy atom. The monoisotopic (exact) mass is 242 g/mol. The predicted octanol–water partition coefficient (Wildman–Crippen LogP) is 2.51. The molecule has 4 nitrogen and oxygen atoms in total. The molecule has 18 heavy (non-hydrogen) atoms. The maximum atomic E-state index is 12.1. The summed E-state index contributed by atoms with van der Waals surface area (Å²) in [5, 5.41) is 18.9. The van der Waals surface area contributed by atoms with Crippen LogP contribution in [0.2, 0.25) is 0 Å². The summed E-state index contributed by atoms with van der Waals surface area (Å²) in [4.78, 5) is 24.3. The third-order valence-electron chi connectivity index (χ3n) is 2.70. The fraction of sp³-hybridized carbons (Fsp3) is 0. The topological polar surface area (TPSA) is 74.6 Å². The highest BCUT2D eigenvalue weighted by Crippen LogP contribution is 2.31. The molecule has 1 aliphatic carbocycles. The van der Waals surface area contributed by atoms with Crippen LogP contribution in [0, 0.1) is 0 Å². The van der Waals surface area contributed by atoms with Crippen molar-refractivity contribution in [3.63, 3.8) is 0 Å². The van der Waals surface area contributed by atoms with Crippen LogP contribution in [0.3, 0.4) is 0 Å². The van der Waals surface area contributed by atoms with Gasteiger partial charge in [-0.15, -0.1) is 0 Å². The molecule has 2 N–H and O–H groups in total. The Balaban J connectivity index is 2.80. The molecular formula is C14H10O4. The summed E-state index contributed by atoms with van der Waals surface area (Å²) in [6, 6.07) is 6.19. The molecule has 1 aromatic carbocycles. The van der Waals surface area contributed by atoms with Gasteiger partial charge in [-0.05, 0) is 0 Å². The Labute approximate surface area is 103 Å². The fourth-order valence-corrected chi connectivity index (χ4v) is 1.93. The number of hydrogen-bond acceptors (Lipinski definition) is 4. The molecule has 0 aromatic heterocycles. The zero-order valence-electron chi connectivity index (χ0n) is 9.43. The van der Waals surface area contributed by atoms with Crippen LogP contribution in [0.1, 0.15) is 20.7 Å². The molecule has 1 aliphatic rings. The molecule has 1 aromatic rings.